The smallest absolute Gasteiger partial charge is 0.124 e. The van der Waals surface area contributed by atoms with E-state index in [1.165, 1.54) is 11.1 Å². The molecule has 94 valence electrons. The van der Waals surface area contributed by atoms with Gasteiger partial charge in [-0.3, -0.25) is 0 Å². The first-order valence-corrected chi connectivity index (χ1v) is 6.99. The molecule has 2 aromatic carbocycles. The second-order valence-corrected chi connectivity index (χ2v) is 5.39. The van der Waals surface area contributed by atoms with E-state index in [0.29, 0.717) is 0 Å². The minimum Gasteiger partial charge on any atom is -0.399 e. The van der Waals surface area contributed by atoms with Crippen molar-refractivity contribution in [2.24, 2.45) is 0 Å². The Morgan fingerprint density at radius 3 is 2.58 bits per heavy atom. The first-order valence-electron chi connectivity index (χ1n) is 6.11. The van der Waals surface area contributed by atoms with Gasteiger partial charge in [0, 0.05) is 22.2 Å². The van der Waals surface area contributed by atoms with Gasteiger partial charge in [-0.1, -0.05) is 35.9 Å². The summed E-state index contributed by atoms with van der Waals surface area (Å²) in [6.45, 7) is 2.09. The average Bonchev–Trinajstić information content (AvgIpc) is 2.88. The van der Waals surface area contributed by atoms with Crippen LogP contribution in [0.4, 0.5) is 5.69 Å². The van der Waals surface area contributed by atoms with E-state index in [0.717, 1.165) is 22.0 Å². The Bertz CT molecular complexity index is 656. The zero-order valence-electron chi connectivity index (χ0n) is 10.6. The van der Waals surface area contributed by atoms with Crippen LogP contribution in [0.1, 0.15) is 5.56 Å². The van der Waals surface area contributed by atoms with Crippen molar-refractivity contribution in [2.45, 2.75) is 6.92 Å². The van der Waals surface area contributed by atoms with Crippen LogP contribution in [0.25, 0.3) is 21.8 Å². The van der Waals surface area contributed by atoms with Gasteiger partial charge in [-0.2, -0.15) is 0 Å². The first kappa shape index (κ1) is 11.9. The Kier molecular flexibility index (Phi) is 3.05. The third-order valence-electron chi connectivity index (χ3n) is 2.95. The molecule has 3 aromatic rings. The van der Waals surface area contributed by atoms with Crippen LogP contribution < -0.4 is 5.73 Å². The Labute approximate surface area is 116 Å². The minimum atomic E-state index is 0.766. The maximum absolute atomic E-state index is 5.81. The van der Waals surface area contributed by atoms with Crippen molar-refractivity contribution in [2.75, 3.05) is 5.73 Å². The third kappa shape index (κ3) is 2.51. The molecule has 1 aromatic heterocycles. The van der Waals surface area contributed by atoms with Gasteiger partial charge in [0.2, 0.25) is 0 Å². The van der Waals surface area contributed by atoms with Crippen LogP contribution in [-0.2, 0) is 0 Å². The summed E-state index contributed by atoms with van der Waals surface area (Å²) in [5, 5.41) is 3.12. The highest BCUT2D eigenvalue weighted by molar-refractivity contribution is 7.13. The largest absolute Gasteiger partial charge is 0.399 e. The Morgan fingerprint density at radius 2 is 1.79 bits per heavy atom. The summed E-state index contributed by atoms with van der Waals surface area (Å²) in [6.07, 6.45) is 0. The molecular weight excluding hydrogens is 252 g/mol. The van der Waals surface area contributed by atoms with Crippen molar-refractivity contribution >= 4 is 17.0 Å². The van der Waals surface area contributed by atoms with Crippen molar-refractivity contribution in [3.8, 4) is 21.8 Å². The molecule has 0 fully saturated rings. The summed E-state index contributed by atoms with van der Waals surface area (Å²) < 4.78 is 0. The van der Waals surface area contributed by atoms with E-state index in [2.05, 4.69) is 36.6 Å². The van der Waals surface area contributed by atoms with Gasteiger partial charge in [0.15, 0.2) is 0 Å². The molecule has 0 aliphatic rings. The molecule has 0 atom stereocenters. The molecular formula is C16H14N2S. The van der Waals surface area contributed by atoms with Crippen molar-refractivity contribution < 1.29 is 0 Å². The fraction of sp³-hybridized carbons (Fsp3) is 0.0625. The molecule has 0 saturated carbocycles. The topological polar surface area (TPSA) is 38.9 Å². The quantitative estimate of drug-likeness (QED) is 0.700. The van der Waals surface area contributed by atoms with Gasteiger partial charge in [0.05, 0.1) is 5.69 Å². The van der Waals surface area contributed by atoms with Gasteiger partial charge in [-0.05, 0) is 25.1 Å². The van der Waals surface area contributed by atoms with E-state index in [4.69, 9.17) is 10.7 Å². The highest BCUT2D eigenvalue weighted by atomic mass is 32.1. The lowest BCUT2D eigenvalue weighted by molar-refractivity contribution is 1.39. The van der Waals surface area contributed by atoms with Crippen LogP contribution >= 0.6 is 11.3 Å². The maximum atomic E-state index is 5.81. The number of nitrogen functional groups attached to an aromatic ring is 1. The summed E-state index contributed by atoms with van der Waals surface area (Å²) in [4.78, 5) is 4.70. The van der Waals surface area contributed by atoms with Gasteiger partial charge in [0.25, 0.3) is 0 Å². The molecule has 0 aliphatic carbocycles. The van der Waals surface area contributed by atoms with Crippen LogP contribution in [0.2, 0.25) is 0 Å². The predicted molar refractivity (Wildman–Crippen MR) is 82.1 cm³/mol. The van der Waals surface area contributed by atoms with Gasteiger partial charge in [-0.15, -0.1) is 11.3 Å². The number of hydrogen-bond acceptors (Lipinski definition) is 3. The molecule has 0 unspecified atom stereocenters. The fourth-order valence-electron chi connectivity index (χ4n) is 2.02. The average molecular weight is 266 g/mol. The zero-order valence-corrected chi connectivity index (χ0v) is 11.4. The van der Waals surface area contributed by atoms with Crippen molar-refractivity contribution in [3.05, 3.63) is 59.5 Å². The predicted octanol–water partition coefficient (Wildman–Crippen LogP) is 4.37. The molecule has 1 heterocycles. The number of rotatable bonds is 2. The minimum absolute atomic E-state index is 0.766. The summed E-state index contributed by atoms with van der Waals surface area (Å²) in [6, 6.07) is 16.2. The molecule has 2 nitrogen and oxygen atoms in total. The monoisotopic (exact) mass is 266 g/mol. The van der Waals surface area contributed by atoms with E-state index < -0.39 is 0 Å². The summed E-state index contributed by atoms with van der Waals surface area (Å²) in [5.74, 6) is 0. The van der Waals surface area contributed by atoms with E-state index in [9.17, 15) is 0 Å². The number of hydrogen-bond donors (Lipinski definition) is 1. The molecule has 0 saturated heterocycles. The number of thiazole rings is 1. The standard InChI is InChI=1S/C16H14N2S/c1-11-4-2-6-13(8-11)16-18-15(10-19-16)12-5-3-7-14(17)9-12/h2-10H,17H2,1H3. The first-order chi connectivity index (χ1) is 9.22. The van der Waals surface area contributed by atoms with Crippen molar-refractivity contribution in [3.63, 3.8) is 0 Å². The Hall–Kier alpha value is -2.13. The van der Waals surface area contributed by atoms with E-state index in [-0.39, 0.29) is 0 Å². The molecule has 0 amide bonds. The molecule has 19 heavy (non-hydrogen) atoms. The van der Waals surface area contributed by atoms with E-state index in [1.54, 1.807) is 11.3 Å². The molecule has 0 radical (unpaired) electrons. The number of anilines is 1. The van der Waals surface area contributed by atoms with Crippen LogP contribution in [0.15, 0.2) is 53.9 Å². The van der Waals surface area contributed by atoms with Crippen molar-refractivity contribution in [1.82, 2.24) is 4.98 Å². The number of nitrogens with zero attached hydrogens (tertiary/aromatic N) is 1. The number of aryl methyl sites for hydroxylation is 1. The van der Waals surface area contributed by atoms with Crippen molar-refractivity contribution in [1.29, 1.82) is 0 Å². The number of nitrogens with two attached hydrogens (primary N) is 1. The normalized spacial score (nSPS) is 10.6. The lowest BCUT2D eigenvalue weighted by atomic mass is 10.1. The summed E-state index contributed by atoms with van der Waals surface area (Å²) >= 11 is 1.66. The summed E-state index contributed by atoms with van der Waals surface area (Å²) in [5.41, 5.74) is 11.0. The van der Waals surface area contributed by atoms with Gasteiger partial charge in [0.1, 0.15) is 5.01 Å². The molecule has 2 N–H and O–H groups in total. The van der Waals surface area contributed by atoms with Gasteiger partial charge >= 0.3 is 0 Å². The molecule has 0 aliphatic heterocycles. The van der Waals surface area contributed by atoms with Crippen LogP contribution in [0.3, 0.4) is 0 Å². The number of benzene rings is 2. The Balaban J connectivity index is 2.00. The van der Waals surface area contributed by atoms with Gasteiger partial charge in [-0.25, -0.2) is 4.98 Å². The SMILES string of the molecule is Cc1cccc(-c2nc(-c3cccc(N)c3)cs2)c1. The van der Waals surface area contributed by atoms with Crippen LogP contribution in [-0.4, -0.2) is 4.98 Å². The molecule has 3 rings (SSSR count). The van der Waals surface area contributed by atoms with E-state index in [1.807, 2.05) is 24.3 Å². The van der Waals surface area contributed by atoms with Gasteiger partial charge < -0.3 is 5.73 Å². The zero-order chi connectivity index (χ0) is 13.2. The highest BCUT2D eigenvalue weighted by Gasteiger charge is 2.06. The number of aromatic nitrogens is 1. The lowest BCUT2D eigenvalue weighted by Crippen LogP contribution is -1.85. The highest BCUT2D eigenvalue weighted by Crippen LogP contribution is 2.29. The summed E-state index contributed by atoms with van der Waals surface area (Å²) in [7, 11) is 0. The second kappa shape index (κ2) is 4.86. The van der Waals surface area contributed by atoms with Crippen LogP contribution in [0, 0.1) is 6.92 Å². The Morgan fingerprint density at radius 1 is 1.00 bits per heavy atom. The molecule has 0 bridgehead atoms. The third-order valence-corrected chi connectivity index (χ3v) is 3.84. The fourth-order valence-corrected chi connectivity index (χ4v) is 2.84. The molecule has 0 spiro atoms. The maximum Gasteiger partial charge on any atom is 0.124 e. The van der Waals surface area contributed by atoms with Crippen LogP contribution in [0.5, 0.6) is 0 Å². The second-order valence-electron chi connectivity index (χ2n) is 4.53. The lowest BCUT2D eigenvalue weighted by Gasteiger charge is -1.99. The van der Waals surface area contributed by atoms with E-state index >= 15 is 0 Å². The molecule has 3 heteroatoms.